The largest absolute Gasteiger partial charge is 0.480 e. The van der Waals surface area contributed by atoms with Crippen molar-refractivity contribution in [2.75, 3.05) is 19.7 Å². The molecule has 1 saturated heterocycles. The average molecular weight is 229 g/mol. The quantitative estimate of drug-likeness (QED) is 0.780. The fraction of sp³-hybridized carbons (Fsp3) is 0.917. The Morgan fingerprint density at radius 2 is 2.25 bits per heavy atom. The van der Waals surface area contributed by atoms with Gasteiger partial charge in [-0.3, -0.25) is 9.69 Å². The maximum Gasteiger partial charge on any atom is 0.323 e. The molecule has 0 bridgehead atoms. The molecule has 16 heavy (non-hydrogen) atoms. The minimum absolute atomic E-state index is 0.201. The van der Waals surface area contributed by atoms with Crippen molar-refractivity contribution in [1.82, 2.24) is 4.90 Å². The van der Waals surface area contributed by atoms with Crippen molar-refractivity contribution in [2.24, 2.45) is 0 Å². The van der Waals surface area contributed by atoms with Crippen LogP contribution in [0.4, 0.5) is 0 Å². The first-order chi connectivity index (χ1) is 7.48. The number of carboxylic acids is 1. The van der Waals surface area contributed by atoms with Crippen molar-refractivity contribution in [3.05, 3.63) is 0 Å². The molecule has 0 spiro atoms. The number of carboxylic acid groups (broad SMARTS) is 1. The standard InChI is InChI=1S/C12H23NO3/c1-4-8-16-10-6-5-7-13(9-10)12(2,3)11(14)15/h10H,4-9H2,1-3H3,(H,14,15). The predicted molar refractivity (Wildman–Crippen MR) is 62.6 cm³/mol. The van der Waals surface area contributed by atoms with E-state index in [1.807, 2.05) is 4.90 Å². The van der Waals surface area contributed by atoms with E-state index in [1.54, 1.807) is 13.8 Å². The lowest BCUT2D eigenvalue weighted by Gasteiger charge is -2.40. The number of carbonyl (C=O) groups is 1. The lowest BCUT2D eigenvalue weighted by molar-refractivity contribution is -0.152. The van der Waals surface area contributed by atoms with Gasteiger partial charge in [0.25, 0.3) is 0 Å². The van der Waals surface area contributed by atoms with Gasteiger partial charge < -0.3 is 9.84 Å². The van der Waals surface area contributed by atoms with E-state index in [2.05, 4.69) is 6.92 Å². The highest BCUT2D eigenvalue weighted by Gasteiger charge is 2.37. The van der Waals surface area contributed by atoms with E-state index in [1.165, 1.54) is 0 Å². The molecule has 1 fully saturated rings. The first kappa shape index (κ1) is 13.5. The molecular formula is C12H23NO3. The Hall–Kier alpha value is -0.610. The highest BCUT2D eigenvalue weighted by molar-refractivity contribution is 5.77. The average Bonchev–Trinajstić information content (AvgIpc) is 2.26. The fourth-order valence-corrected chi connectivity index (χ4v) is 2.00. The summed E-state index contributed by atoms with van der Waals surface area (Å²) in [6.45, 7) is 7.97. The number of hydrogen-bond donors (Lipinski definition) is 1. The molecule has 94 valence electrons. The number of rotatable bonds is 5. The number of nitrogens with zero attached hydrogens (tertiary/aromatic N) is 1. The summed E-state index contributed by atoms with van der Waals surface area (Å²) in [5.41, 5.74) is -0.783. The molecule has 0 aliphatic carbocycles. The van der Waals surface area contributed by atoms with Crippen LogP contribution in [0.3, 0.4) is 0 Å². The van der Waals surface area contributed by atoms with E-state index >= 15 is 0 Å². The topological polar surface area (TPSA) is 49.8 Å². The van der Waals surface area contributed by atoms with Crippen LogP contribution in [0.15, 0.2) is 0 Å². The number of ether oxygens (including phenoxy) is 1. The summed E-state index contributed by atoms with van der Waals surface area (Å²) in [6, 6.07) is 0. The van der Waals surface area contributed by atoms with Crippen molar-refractivity contribution in [2.45, 2.75) is 51.7 Å². The third-order valence-electron chi connectivity index (χ3n) is 3.25. The fourth-order valence-electron chi connectivity index (χ4n) is 2.00. The van der Waals surface area contributed by atoms with Crippen LogP contribution in [0.5, 0.6) is 0 Å². The van der Waals surface area contributed by atoms with Crippen LogP contribution < -0.4 is 0 Å². The molecule has 1 rings (SSSR count). The van der Waals surface area contributed by atoms with Gasteiger partial charge in [0.2, 0.25) is 0 Å². The molecule has 4 nitrogen and oxygen atoms in total. The smallest absolute Gasteiger partial charge is 0.323 e. The molecule has 1 heterocycles. The molecule has 0 aromatic heterocycles. The monoisotopic (exact) mass is 229 g/mol. The molecule has 0 aromatic carbocycles. The van der Waals surface area contributed by atoms with Gasteiger partial charge in [-0.15, -0.1) is 0 Å². The van der Waals surface area contributed by atoms with Gasteiger partial charge in [-0.1, -0.05) is 6.92 Å². The number of likely N-dealkylation sites (tertiary alicyclic amines) is 1. The summed E-state index contributed by atoms with van der Waals surface area (Å²) in [7, 11) is 0. The summed E-state index contributed by atoms with van der Waals surface area (Å²) in [6.07, 6.45) is 3.28. The summed E-state index contributed by atoms with van der Waals surface area (Å²) in [4.78, 5) is 13.2. The van der Waals surface area contributed by atoms with Crippen molar-refractivity contribution in [1.29, 1.82) is 0 Å². The Kier molecular flexibility index (Phi) is 4.74. The SMILES string of the molecule is CCCOC1CCCN(C(C)(C)C(=O)O)C1. The van der Waals surface area contributed by atoms with Crippen molar-refractivity contribution < 1.29 is 14.6 Å². The summed E-state index contributed by atoms with van der Waals surface area (Å²) >= 11 is 0. The molecule has 1 unspecified atom stereocenters. The van der Waals surface area contributed by atoms with Gasteiger partial charge in [-0.05, 0) is 39.7 Å². The first-order valence-electron chi connectivity index (χ1n) is 6.08. The van der Waals surface area contributed by atoms with E-state index in [0.717, 1.165) is 39.0 Å². The maximum absolute atomic E-state index is 11.2. The van der Waals surface area contributed by atoms with E-state index < -0.39 is 11.5 Å². The molecule has 1 N–H and O–H groups in total. The van der Waals surface area contributed by atoms with Crippen molar-refractivity contribution in [3.63, 3.8) is 0 Å². The van der Waals surface area contributed by atoms with Crippen LogP contribution in [0.2, 0.25) is 0 Å². The highest BCUT2D eigenvalue weighted by atomic mass is 16.5. The Labute approximate surface area is 97.6 Å². The van der Waals surface area contributed by atoms with Crippen LogP contribution in [0.25, 0.3) is 0 Å². The van der Waals surface area contributed by atoms with E-state index in [-0.39, 0.29) is 6.10 Å². The second kappa shape index (κ2) is 5.64. The molecular weight excluding hydrogens is 206 g/mol. The molecule has 1 aliphatic rings. The summed E-state index contributed by atoms with van der Waals surface area (Å²) in [5, 5.41) is 9.17. The van der Waals surface area contributed by atoms with Gasteiger partial charge in [0.15, 0.2) is 0 Å². The zero-order valence-electron chi connectivity index (χ0n) is 10.5. The lowest BCUT2D eigenvalue weighted by atomic mass is 9.97. The molecule has 0 amide bonds. The van der Waals surface area contributed by atoms with Gasteiger partial charge >= 0.3 is 5.97 Å². The summed E-state index contributed by atoms with van der Waals surface area (Å²) < 4.78 is 5.70. The van der Waals surface area contributed by atoms with Crippen LogP contribution in [0.1, 0.15) is 40.0 Å². The van der Waals surface area contributed by atoms with Crippen LogP contribution in [-0.2, 0) is 9.53 Å². The number of aliphatic carboxylic acids is 1. The highest BCUT2D eigenvalue weighted by Crippen LogP contribution is 2.22. The Balaban J connectivity index is 2.53. The minimum Gasteiger partial charge on any atom is -0.480 e. The third-order valence-corrected chi connectivity index (χ3v) is 3.25. The predicted octanol–water partition coefficient (Wildman–Crippen LogP) is 1.74. The van der Waals surface area contributed by atoms with Crippen LogP contribution in [0, 0.1) is 0 Å². The molecule has 1 aliphatic heterocycles. The van der Waals surface area contributed by atoms with Crippen LogP contribution in [-0.4, -0.2) is 47.3 Å². The maximum atomic E-state index is 11.2. The van der Waals surface area contributed by atoms with E-state index in [4.69, 9.17) is 4.74 Å². The molecule has 4 heteroatoms. The lowest BCUT2D eigenvalue weighted by Crippen LogP contribution is -2.55. The number of piperidine rings is 1. The van der Waals surface area contributed by atoms with Gasteiger partial charge in [0.05, 0.1) is 6.10 Å². The second-order valence-electron chi connectivity index (χ2n) is 4.95. The van der Waals surface area contributed by atoms with Gasteiger partial charge in [0.1, 0.15) is 5.54 Å². The molecule has 0 radical (unpaired) electrons. The summed E-state index contributed by atoms with van der Waals surface area (Å²) in [5.74, 6) is -0.761. The first-order valence-corrected chi connectivity index (χ1v) is 6.08. The normalized spacial score (nSPS) is 23.3. The van der Waals surface area contributed by atoms with Gasteiger partial charge in [0, 0.05) is 13.2 Å². The Bertz CT molecular complexity index is 240. The zero-order valence-corrected chi connectivity index (χ0v) is 10.5. The molecule has 0 aromatic rings. The van der Waals surface area contributed by atoms with Crippen LogP contribution >= 0.6 is 0 Å². The third kappa shape index (κ3) is 3.19. The minimum atomic E-state index is -0.783. The van der Waals surface area contributed by atoms with Crippen molar-refractivity contribution >= 4 is 5.97 Å². The van der Waals surface area contributed by atoms with Gasteiger partial charge in [-0.2, -0.15) is 0 Å². The Morgan fingerprint density at radius 1 is 1.56 bits per heavy atom. The molecule has 1 atom stereocenters. The van der Waals surface area contributed by atoms with Crippen molar-refractivity contribution in [3.8, 4) is 0 Å². The zero-order chi connectivity index (χ0) is 12.2. The van der Waals surface area contributed by atoms with E-state index in [9.17, 15) is 9.90 Å². The van der Waals surface area contributed by atoms with Gasteiger partial charge in [-0.25, -0.2) is 0 Å². The number of hydrogen-bond acceptors (Lipinski definition) is 3. The Morgan fingerprint density at radius 3 is 2.81 bits per heavy atom. The van der Waals surface area contributed by atoms with E-state index in [0.29, 0.717) is 0 Å². The molecule has 0 saturated carbocycles. The second-order valence-corrected chi connectivity index (χ2v) is 4.95.